The van der Waals surface area contributed by atoms with E-state index in [1.807, 2.05) is 0 Å². The molecule has 0 spiro atoms. The molecular weight excluding hydrogens is 435 g/mol. The molecule has 3 aliphatic rings. The molecule has 3 heterocycles. The maximum atomic E-state index is 14.5. The summed E-state index contributed by atoms with van der Waals surface area (Å²) in [5, 5.41) is 13.2. The third-order valence-corrected chi connectivity index (χ3v) is 6.51. The Morgan fingerprint density at radius 3 is 2.70 bits per heavy atom. The Morgan fingerprint density at radius 2 is 1.97 bits per heavy atom. The minimum atomic E-state index is -1.25. The summed E-state index contributed by atoms with van der Waals surface area (Å²) in [5.74, 6) is -0.643. The van der Waals surface area contributed by atoms with E-state index in [0.717, 1.165) is 0 Å². The second-order valence-corrected chi connectivity index (χ2v) is 8.96. The van der Waals surface area contributed by atoms with E-state index in [1.54, 1.807) is 13.0 Å². The number of aliphatic hydroxyl groups excluding tert-OH is 1. The van der Waals surface area contributed by atoms with Crippen LogP contribution in [0.2, 0.25) is 0 Å². The summed E-state index contributed by atoms with van der Waals surface area (Å²) >= 11 is 0. The van der Waals surface area contributed by atoms with E-state index in [2.05, 4.69) is 20.3 Å². The molecule has 1 aliphatic carbocycles. The Hall–Kier alpha value is -3.01. The highest BCUT2D eigenvalue weighted by molar-refractivity contribution is 6.47. The number of nitrogens with zero attached hydrogens (tertiary/aromatic N) is 4. The number of carbonyl (C=O) groups excluding carboxylic acids is 1. The van der Waals surface area contributed by atoms with Crippen LogP contribution >= 0.6 is 0 Å². The summed E-state index contributed by atoms with van der Waals surface area (Å²) in [5.41, 5.74) is 2.21. The molecule has 0 radical (unpaired) electrons. The van der Waals surface area contributed by atoms with Crippen LogP contribution < -0.4 is 5.32 Å². The first kappa shape index (κ1) is 21.8. The lowest BCUT2D eigenvalue weighted by Gasteiger charge is -2.26. The maximum Gasteiger partial charge on any atom is 0.273 e. The van der Waals surface area contributed by atoms with E-state index in [-0.39, 0.29) is 43.9 Å². The van der Waals surface area contributed by atoms with Gasteiger partial charge in [0.1, 0.15) is 36.0 Å². The van der Waals surface area contributed by atoms with E-state index in [0.29, 0.717) is 22.4 Å². The number of amides is 1. The molecule has 33 heavy (non-hydrogen) atoms. The van der Waals surface area contributed by atoms with E-state index in [1.165, 1.54) is 23.4 Å². The number of aliphatic hydroxyl groups is 1. The Labute approximate surface area is 188 Å². The monoisotopic (exact) mass is 459 g/mol. The molecule has 2 aromatic rings. The van der Waals surface area contributed by atoms with Crippen molar-refractivity contribution in [2.24, 2.45) is 4.99 Å². The molecule has 2 N–H and O–H groups in total. The molecule has 1 amide bonds. The maximum absolute atomic E-state index is 14.5. The minimum Gasteiger partial charge on any atom is -0.391 e. The molecule has 2 fully saturated rings. The summed E-state index contributed by atoms with van der Waals surface area (Å²) < 4.78 is 42.2. The Bertz CT molecular complexity index is 1110. The number of carbonyl (C=O) groups is 1. The lowest BCUT2D eigenvalue weighted by molar-refractivity contribution is -0.125. The summed E-state index contributed by atoms with van der Waals surface area (Å²) in [7, 11) is 0. The van der Waals surface area contributed by atoms with Crippen molar-refractivity contribution in [1.82, 2.24) is 14.9 Å². The zero-order valence-electron chi connectivity index (χ0n) is 18.0. The van der Waals surface area contributed by atoms with E-state index in [9.17, 15) is 23.1 Å². The quantitative estimate of drug-likeness (QED) is 0.734. The third kappa shape index (κ3) is 4.07. The Morgan fingerprint density at radius 1 is 1.15 bits per heavy atom. The van der Waals surface area contributed by atoms with Crippen LogP contribution in [0.25, 0.3) is 0 Å². The summed E-state index contributed by atoms with van der Waals surface area (Å²) in [4.78, 5) is 27.7. The Balaban J connectivity index is 1.45. The van der Waals surface area contributed by atoms with Crippen molar-refractivity contribution in [1.29, 1.82) is 0 Å². The summed E-state index contributed by atoms with van der Waals surface area (Å²) in [6, 6.07) is 3.27. The molecule has 7 nitrogen and oxygen atoms in total. The number of hydrogen-bond donors (Lipinski definition) is 2. The molecule has 10 heteroatoms. The van der Waals surface area contributed by atoms with Gasteiger partial charge in [0.15, 0.2) is 0 Å². The summed E-state index contributed by atoms with van der Waals surface area (Å²) in [6.07, 6.45) is -1.70. The number of fused-ring (bicyclic) bond motifs is 1. The van der Waals surface area contributed by atoms with Gasteiger partial charge in [0, 0.05) is 19.3 Å². The van der Waals surface area contributed by atoms with Gasteiger partial charge in [-0.2, -0.15) is 0 Å². The first-order chi connectivity index (χ1) is 15.8. The average Bonchev–Trinajstić information content (AvgIpc) is 3.44. The normalized spacial score (nSPS) is 28.7. The van der Waals surface area contributed by atoms with Crippen molar-refractivity contribution < 1.29 is 23.1 Å². The van der Waals surface area contributed by atoms with Crippen molar-refractivity contribution in [3.8, 4) is 0 Å². The third-order valence-electron chi connectivity index (χ3n) is 6.51. The number of aliphatic imine (C=N–C) groups is 1. The van der Waals surface area contributed by atoms with E-state index < -0.39 is 42.3 Å². The molecule has 5 rings (SSSR count). The number of benzene rings is 1. The highest BCUT2D eigenvalue weighted by Gasteiger charge is 2.41. The number of likely N-dealkylation sites (tertiary alicyclic amines) is 1. The molecule has 0 unspecified atom stereocenters. The molecular formula is C23H24F3N5O2. The molecule has 174 valence electrons. The number of rotatable bonds is 4. The van der Waals surface area contributed by atoms with Crippen molar-refractivity contribution in [3.63, 3.8) is 0 Å². The average molecular weight is 459 g/mol. The first-order valence-corrected chi connectivity index (χ1v) is 11.0. The predicted molar refractivity (Wildman–Crippen MR) is 115 cm³/mol. The van der Waals surface area contributed by atoms with Gasteiger partial charge < -0.3 is 15.3 Å². The molecule has 1 saturated heterocycles. The van der Waals surface area contributed by atoms with E-state index in [4.69, 9.17) is 0 Å². The number of nitrogens with one attached hydrogen (secondary N) is 1. The van der Waals surface area contributed by atoms with Crippen molar-refractivity contribution >= 4 is 17.4 Å². The number of hydrogen-bond acceptors (Lipinski definition) is 6. The van der Waals surface area contributed by atoms with Crippen LogP contribution in [0.4, 0.5) is 19.0 Å². The molecule has 2 aliphatic heterocycles. The number of anilines is 1. The number of halogens is 3. The predicted octanol–water partition coefficient (Wildman–Crippen LogP) is 2.81. The highest BCUT2D eigenvalue weighted by Crippen LogP contribution is 2.36. The van der Waals surface area contributed by atoms with Crippen LogP contribution in [0.5, 0.6) is 0 Å². The fraction of sp³-hybridized carbons (Fsp3) is 0.478. The fourth-order valence-corrected chi connectivity index (χ4v) is 5.01. The van der Waals surface area contributed by atoms with E-state index >= 15 is 0 Å². The summed E-state index contributed by atoms with van der Waals surface area (Å²) in [6.45, 7) is 1.77. The largest absolute Gasteiger partial charge is 0.391 e. The van der Waals surface area contributed by atoms with Crippen LogP contribution in [-0.4, -0.2) is 62.6 Å². The Kier molecular flexibility index (Phi) is 5.55. The van der Waals surface area contributed by atoms with Gasteiger partial charge in [0.2, 0.25) is 0 Å². The van der Waals surface area contributed by atoms with Crippen LogP contribution in [-0.2, 0) is 11.3 Å². The van der Waals surface area contributed by atoms with Gasteiger partial charge in [-0.25, -0.2) is 23.1 Å². The van der Waals surface area contributed by atoms with Gasteiger partial charge in [-0.3, -0.25) is 9.79 Å². The smallest absolute Gasteiger partial charge is 0.273 e. The van der Waals surface area contributed by atoms with Crippen molar-refractivity contribution in [2.75, 3.05) is 11.9 Å². The highest BCUT2D eigenvalue weighted by atomic mass is 19.1. The fourth-order valence-electron chi connectivity index (χ4n) is 5.01. The molecule has 1 aromatic carbocycles. The zero-order valence-corrected chi connectivity index (χ0v) is 18.0. The number of aryl methyl sites for hydroxylation is 1. The molecule has 1 aromatic heterocycles. The lowest BCUT2D eigenvalue weighted by atomic mass is 10.0. The van der Waals surface area contributed by atoms with Gasteiger partial charge in [0.05, 0.1) is 42.5 Å². The minimum absolute atomic E-state index is 0.0330. The van der Waals surface area contributed by atoms with Gasteiger partial charge in [-0.05, 0) is 30.2 Å². The number of alkyl halides is 2. The lowest BCUT2D eigenvalue weighted by Crippen LogP contribution is -2.37. The first-order valence-electron chi connectivity index (χ1n) is 11.0. The van der Waals surface area contributed by atoms with Crippen LogP contribution in [0.15, 0.2) is 29.5 Å². The van der Waals surface area contributed by atoms with Crippen LogP contribution in [0.1, 0.15) is 47.7 Å². The van der Waals surface area contributed by atoms with Gasteiger partial charge in [-0.1, -0.05) is 6.07 Å². The van der Waals surface area contributed by atoms with Gasteiger partial charge >= 0.3 is 0 Å². The van der Waals surface area contributed by atoms with Crippen LogP contribution in [0, 0.1) is 12.7 Å². The van der Waals surface area contributed by atoms with Crippen LogP contribution in [0.3, 0.4) is 0 Å². The second-order valence-electron chi connectivity index (χ2n) is 8.96. The standard InChI is InChI=1S/C23H24F3N5O2/c1-11-2-12(4-13(24)3-11)18-6-15(26)9-31(18)23(33)21-20-17(8-27-21)28-10-29-22(20)30-16-5-14(25)7-19(16)32/h2-4,10,14-16,18-19,32H,5-9H2,1H3,(H,28,29,30)/t14-,15+,16-,18-,19-/m1/s1. The molecule has 0 bridgehead atoms. The van der Waals surface area contributed by atoms with Gasteiger partial charge in [-0.15, -0.1) is 0 Å². The topological polar surface area (TPSA) is 90.7 Å². The van der Waals surface area contributed by atoms with Crippen molar-refractivity contribution in [3.05, 3.63) is 52.7 Å². The number of aromatic nitrogens is 2. The second kappa shape index (κ2) is 8.40. The SMILES string of the molecule is Cc1cc(F)cc([C@H]2C[C@H](F)CN2C(=O)C2=NCc3ncnc(N[C@@H]4C[C@@H](F)C[C@H]4O)c32)c1. The molecule has 5 atom stereocenters. The molecule has 1 saturated carbocycles. The van der Waals surface area contributed by atoms with Crippen molar-refractivity contribution in [2.45, 2.75) is 63.3 Å². The zero-order chi connectivity index (χ0) is 23.3. The van der Waals surface area contributed by atoms with Gasteiger partial charge in [0.25, 0.3) is 5.91 Å².